The molecule has 20 heavy (non-hydrogen) atoms. The lowest BCUT2D eigenvalue weighted by Crippen LogP contribution is -2.28. The summed E-state index contributed by atoms with van der Waals surface area (Å²) in [5, 5.41) is 14.6. The summed E-state index contributed by atoms with van der Waals surface area (Å²) in [6, 6.07) is 2.04. The van der Waals surface area contributed by atoms with Crippen LogP contribution in [0.25, 0.3) is 10.2 Å². The van der Waals surface area contributed by atoms with E-state index in [4.69, 9.17) is 11.6 Å². The predicted octanol–water partition coefficient (Wildman–Crippen LogP) is 3.86. The van der Waals surface area contributed by atoms with E-state index in [1.807, 2.05) is 13.0 Å². The zero-order chi connectivity index (χ0) is 14.7. The van der Waals surface area contributed by atoms with Crippen molar-refractivity contribution in [3.63, 3.8) is 0 Å². The van der Waals surface area contributed by atoms with E-state index < -0.39 is 0 Å². The molecule has 1 atom stereocenters. The zero-order valence-corrected chi connectivity index (χ0v) is 13.6. The number of thiophene rings is 1. The van der Waals surface area contributed by atoms with Gasteiger partial charge in [0.15, 0.2) is 0 Å². The number of aliphatic hydroxyl groups excluding tert-OH is 1. The van der Waals surface area contributed by atoms with Crippen LogP contribution in [0.5, 0.6) is 0 Å². The first-order valence-electron chi connectivity index (χ1n) is 6.90. The fraction of sp³-hybridized carbons (Fsp3) is 0.571. The van der Waals surface area contributed by atoms with Gasteiger partial charge in [-0.05, 0) is 30.5 Å². The molecule has 2 aromatic rings. The van der Waals surface area contributed by atoms with Crippen molar-refractivity contribution in [3.8, 4) is 0 Å². The van der Waals surface area contributed by atoms with Gasteiger partial charge in [0.25, 0.3) is 0 Å². The largest absolute Gasteiger partial charge is 0.391 e. The molecule has 0 radical (unpaired) electrons. The highest BCUT2D eigenvalue weighted by Crippen LogP contribution is 2.29. The number of nitrogens with one attached hydrogen (secondary N) is 1. The van der Waals surface area contributed by atoms with E-state index in [1.54, 1.807) is 11.3 Å². The zero-order valence-electron chi connectivity index (χ0n) is 12.0. The Morgan fingerprint density at radius 3 is 2.70 bits per heavy atom. The summed E-state index contributed by atoms with van der Waals surface area (Å²) < 4.78 is 0. The molecule has 0 fully saturated rings. The lowest BCUT2D eigenvalue weighted by atomic mass is 9.96. The van der Waals surface area contributed by atoms with Crippen molar-refractivity contribution < 1.29 is 5.11 Å². The monoisotopic (exact) mass is 313 g/mol. The highest BCUT2D eigenvalue weighted by atomic mass is 35.5. The molecule has 0 spiro atoms. The van der Waals surface area contributed by atoms with Crippen LogP contribution in [0.3, 0.4) is 0 Å². The average Bonchev–Trinajstić information content (AvgIpc) is 2.77. The topological polar surface area (TPSA) is 58.0 Å². The van der Waals surface area contributed by atoms with Crippen LogP contribution in [0.2, 0.25) is 5.28 Å². The van der Waals surface area contributed by atoms with Gasteiger partial charge in [0.2, 0.25) is 5.28 Å². The molecule has 1 unspecified atom stereocenters. The number of fused-ring (bicyclic) bond motifs is 1. The van der Waals surface area contributed by atoms with Crippen molar-refractivity contribution in [2.75, 3.05) is 11.9 Å². The van der Waals surface area contributed by atoms with Gasteiger partial charge in [0, 0.05) is 11.4 Å². The molecule has 0 amide bonds. The van der Waals surface area contributed by atoms with Crippen LogP contribution in [-0.4, -0.2) is 27.7 Å². The maximum Gasteiger partial charge on any atom is 0.225 e. The number of hydrogen-bond acceptors (Lipinski definition) is 5. The summed E-state index contributed by atoms with van der Waals surface area (Å²) in [6.07, 6.45) is 1.56. The number of rotatable bonds is 6. The van der Waals surface area contributed by atoms with Gasteiger partial charge in [0.1, 0.15) is 10.6 Å². The smallest absolute Gasteiger partial charge is 0.225 e. The van der Waals surface area contributed by atoms with Gasteiger partial charge in [-0.25, -0.2) is 9.97 Å². The highest BCUT2D eigenvalue weighted by molar-refractivity contribution is 7.18. The van der Waals surface area contributed by atoms with E-state index in [2.05, 4.69) is 29.1 Å². The second-order valence-corrected chi connectivity index (χ2v) is 6.51. The number of hydrogen-bond donors (Lipinski definition) is 2. The number of anilines is 1. The molecule has 0 aromatic carbocycles. The Morgan fingerprint density at radius 2 is 2.05 bits per heavy atom. The Kier molecular flexibility index (Phi) is 5.18. The quantitative estimate of drug-likeness (QED) is 0.795. The maximum absolute atomic E-state index is 10.2. The highest BCUT2D eigenvalue weighted by Gasteiger charge is 2.16. The van der Waals surface area contributed by atoms with Gasteiger partial charge in [-0.1, -0.05) is 26.7 Å². The Bertz CT molecular complexity index is 583. The fourth-order valence-corrected chi connectivity index (χ4v) is 3.45. The van der Waals surface area contributed by atoms with Crippen molar-refractivity contribution in [2.24, 2.45) is 5.92 Å². The first-order chi connectivity index (χ1) is 9.55. The standard InChI is InChI=1S/C14H20ClN3OS/c1-4-9(5-2)11(19)7-16-12-10-6-8(3)20-13(10)18-14(15)17-12/h6,9,11,19H,4-5,7H2,1-3H3,(H,16,17,18). The molecular formula is C14H20ClN3OS. The molecule has 0 bridgehead atoms. The number of aliphatic hydroxyl groups is 1. The van der Waals surface area contributed by atoms with Crippen molar-refractivity contribution in [3.05, 3.63) is 16.2 Å². The molecule has 0 saturated heterocycles. The Labute approximate surface area is 128 Å². The molecule has 0 aliphatic carbocycles. The molecular weight excluding hydrogens is 294 g/mol. The molecule has 4 nitrogen and oxygen atoms in total. The first kappa shape index (κ1) is 15.5. The molecule has 110 valence electrons. The third kappa shape index (κ3) is 3.40. The predicted molar refractivity (Wildman–Crippen MR) is 85.7 cm³/mol. The first-order valence-corrected chi connectivity index (χ1v) is 8.10. The summed E-state index contributed by atoms with van der Waals surface area (Å²) in [5.74, 6) is 1.01. The lowest BCUT2D eigenvalue weighted by molar-refractivity contribution is 0.114. The van der Waals surface area contributed by atoms with Crippen LogP contribution in [0, 0.1) is 12.8 Å². The Balaban J connectivity index is 2.17. The summed E-state index contributed by atoms with van der Waals surface area (Å²) in [7, 11) is 0. The van der Waals surface area contributed by atoms with Crippen molar-refractivity contribution in [1.29, 1.82) is 0 Å². The van der Waals surface area contributed by atoms with E-state index in [9.17, 15) is 5.11 Å². The minimum atomic E-state index is -0.381. The summed E-state index contributed by atoms with van der Waals surface area (Å²) in [6.45, 7) is 6.70. The summed E-state index contributed by atoms with van der Waals surface area (Å²) >= 11 is 7.54. The minimum Gasteiger partial charge on any atom is -0.391 e. The van der Waals surface area contributed by atoms with Gasteiger partial charge in [-0.3, -0.25) is 0 Å². The second kappa shape index (κ2) is 6.70. The molecule has 2 aromatic heterocycles. The second-order valence-electron chi connectivity index (χ2n) is 4.94. The van der Waals surface area contributed by atoms with Crippen LogP contribution in [-0.2, 0) is 0 Å². The molecule has 0 aliphatic heterocycles. The van der Waals surface area contributed by atoms with Crippen LogP contribution in [0.15, 0.2) is 6.07 Å². The molecule has 2 rings (SSSR count). The molecule has 0 saturated carbocycles. The van der Waals surface area contributed by atoms with Crippen LogP contribution in [0.4, 0.5) is 5.82 Å². The third-order valence-corrected chi connectivity index (χ3v) is 4.67. The van der Waals surface area contributed by atoms with E-state index >= 15 is 0 Å². The van der Waals surface area contributed by atoms with Gasteiger partial charge in [0.05, 0.1) is 11.5 Å². The van der Waals surface area contributed by atoms with Gasteiger partial charge in [-0.15, -0.1) is 11.3 Å². The average molecular weight is 314 g/mol. The fourth-order valence-electron chi connectivity index (χ4n) is 2.35. The minimum absolute atomic E-state index is 0.235. The van der Waals surface area contributed by atoms with E-state index in [1.165, 1.54) is 4.88 Å². The van der Waals surface area contributed by atoms with Gasteiger partial charge >= 0.3 is 0 Å². The summed E-state index contributed by atoms with van der Waals surface area (Å²) in [4.78, 5) is 10.5. The summed E-state index contributed by atoms with van der Waals surface area (Å²) in [5.41, 5.74) is 0. The van der Waals surface area contributed by atoms with Crippen molar-refractivity contribution in [1.82, 2.24) is 9.97 Å². The van der Waals surface area contributed by atoms with Gasteiger partial charge in [-0.2, -0.15) is 0 Å². The van der Waals surface area contributed by atoms with Gasteiger partial charge < -0.3 is 10.4 Å². The van der Waals surface area contributed by atoms with E-state index in [-0.39, 0.29) is 11.4 Å². The number of aromatic nitrogens is 2. The van der Waals surface area contributed by atoms with Crippen molar-refractivity contribution >= 4 is 39.0 Å². The third-order valence-electron chi connectivity index (χ3n) is 3.56. The SMILES string of the molecule is CCC(CC)C(O)CNc1nc(Cl)nc2sc(C)cc12. The molecule has 2 heterocycles. The molecule has 2 N–H and O–H groups in total. The van der Waals surface area contributed by atoms with E-state index in [0.717, 1.165) is 23.1 Å². The maximum atomic E-state index is 10.2. The number of aryl methyl sites for hydroxylation is 1. The van der Waals surface area contributed by atoms with E-state index in [0.29, 0.717) is 18.3 Å². The van der Waals surface area contributed by atoms with Crippen molar-refractivity contribution in [2.45, 2.75) is 39.7 Å². The molecule has 0 aliphatic rings. The Hall–Kier alpha value is -0.910. The number of halogens is 1. The molecule has 6 heteroatoms. The van der Waals surface area contributed by atoms with Crippen LogP contribution >= 0.6 is 22.9 Å². The Morgan fingerprint density at radius 1 is 1.35 bits per heavy atom. The van der Waals surface area contributed by atoms with Crippen LogP contribution in [0.1, 0.15) is 31.6 Å². The van der Waals surface area contributed by atoms with Crippen LogP contribution < -0.4 is 5.32 Å². The number of nitrogens with zero attached hydrogens (tertiary/aromatic N) is 2. The lowest BCUT2D eigenvalue weighted by Gasteiger charge is -2.20. The normalized spacial score (nSPS) is 13.1.